The number of benzene rings is 1. The maximum atomic E-state index is 5.49. The van der Waals surface area contributed by atoms with Gasteiger partial charge in [-0.2, -0.15) is 0 Å². The van der Waals surface area contributed by atoms with Crippen LogP contribution in [0.2, 0.25) is 0 Å². The van der Waals surface area contributed by atoms with Crippen LogP contribution in [0.25, 0.3) is 0 Å². The number of hydrogen-bond acceptors (Lipinski definition) is 4. The molecule has 1 aliphatic heterocycles. The van der Waals surface area contributed by atoms with Crippen LogP contribution in [-0.4, -0.2) is 16.7 Å². The summed E-state index contributed by atoms with van der Waals surface area (Å²) in [5.74, 6) is 0.614. The molecule has 2 heterocycles. The zero-order valence-electron chi connectivity index (χ0n) is 10.4. The lowest BCUT2D eigenvalue weighted by molar-refractivity contribution is 0.496. The third kappa shape index (κ3) is 1.92. The number of hydrogen-bond donors (Lipinski definition) is 0. The first-order chi connectivity index (χ1) is 8.65. The highest BCUT2D eigenvalue weighted by molar-refractivity contribution is 9.10. The highest BCUT2D eigenvalue weighted by atomic mass is 79.9. The highest BCUT2D eigenvalue weighted by Gasteiger charge is 2.22. The summed E-state index contributed by atoms with van der Waals surface area (Å²) in [6, 6.07) is 4.90. The van der Waals surface area contributed by atoms with Gasteiger partial charge in [0, 0.05) is 24.5 Å². The molecule has 0 atom stereocenters. The number of rotatable bonds is 1. The number of aromatic nitrogens is 2. The van der Waals surface area contributed by atoms with Crippen LogP contribution in [0.1, 0.15) is 22.6 Å². The van der Waals surface area contributed by atoms with Gasteiger partial charge in [0.1, 0.15) is 0 Å². The predicted octanol–water partition coefficient (Wildman–Crippen LogP) is 3.01. The smallest absolute Gasteiger partial charge is 0.318 e. The Kier molecular flexibility index (Phi) is 2.86. The molecule has 1 aromatic heterocycles. The van der Waals surface area contributed by atoms with E-state index >= 15 is 0 Å². The van der Waals surface area contributed by atoms with Crippen molar-refractivity contribution in [1.82, 2.24) is 10.2 Å². The minimum absolute atomic E-state index is 0.614. The average Bonchev–Trinajstić information content (AvgIpc) is 2.80. The molecule has 0 fully saturated rings. The molecule has 3 rings (SSSR count). The van der Waals surface area contributed by atoms with Gasteiger partial charge >= 0.3 is 6.01 Å². The lowest BCUT2D eigenvalue weighted by atomic mass is 9.95. The maximum Gasteiger partial charge on any atom is 0.318 e. The van der Waals surface area contributed by atoms with E-state index < -0.39 is 0 Å². The Morgan fingerprint density at radius 3 is 2.83 bits per heavy atom. The van der Waals surface area contributed by atoms with E-state index in [0.29, 0.717) is 11.9 Å². The number of fused-ring (bicyclic) bond motifs is 1. The molecule has 0 saturated carbocycles. The molecule has 1 aromatic carbocycles. The van der Waals surface area contributed by atoms with E-state index in [1.807, 2.05) is 6.92 Å². The Bertz CT molecular complexity index is 594. The monoisotopic (exact) mass is 307 g/mol. The van der Waals surface area contributed by atoms with Gasteiger partial charge in [-0.05, 0) is 36.1 Å². The number of halogens is 1. The van der Waals surface area contributed by atoms with E-state index in [2.05, 4.69) is 50.1 Å². The summed E-state index contributed by atoms with van der Waals surface area (Å²) >= 11 is 3.58. The lowest BCUT2D eigenvalue weighted by Gasteiger charge is -2.28. The molecular weight excluding hydrogens is 294 g/mol. The molecule has 0 N–H and O–H groups in total. The van der Waals surface area contributed by atoms with Crippen molar-refractivity contribution in [2.75, 3.05) is 11.4 Å². The molecule has 4 nitrogen and oxygen atoms in total. The minimum atomic E-state index is 0.614. The molecule has 1 aliphatic rings. The Hall–Kier alpha value is -1.36. The molecule has 2 aromatic rings. The zero-order chi connectivity index (χ0) is 12.7. The molecule has 0 amide bonds. The van der Waals surface area contributed by atoms with E-state index in [0.717, 1.165) is 19.5 Å². The molecule has 18 heavy (non-hydrogen) atoms. The van der Waals surface area contributed by atoms with Gasteiger partial charge in [-0.3, -0.25) is 0 Å². The van der Waals surface area contributed by atoms with Gasteiger partial charge in [-0.15, -0.1) is 5.10 Å². The van der Waals surface area contributed by atoms with Crippen molar-refractivity contribution < 1.29 is 4.42 Å². The first-order valence-corrected chi connectivity index (χ1v) is 6.76. The van der Waals surface area contributed by atoms with Crippen molar-refractivity contribution in [2.24, 2.45) is 0 Å². The highest BCUT2D eigenvalue weighted by Crippen LogP contribution is 2.29. The summed E-state index contributed by atoms with van der Waals surface area (Å²) in [6.07, 6.45) is 1.02. The maximum absolute atomic E-state index is 5.49. The minimum Gasteiger partial charge on any atom is -0.408 e. The molecule has 0 spiro atoms. The van der Waals surface area contributed by atoms with Crippen molar-refractivity contribution in [1.29, 1.82) is 0 Å². The number of anilines is 1. The van der Waals surface area contributed by atoms with E-state index in [-0.39, 0.29) is 0 Å². The van der Waals surface area contributed by atoms with Crippen molar-refractivity contribution in [3.05, 3.63) is 39.2 Å². The van der Waals surface area contributed by atoms with Gasteiger partial charge in [0.2, 0.25) is 5.89 Å². The SMILES string of the molecule is Cc1nnc(N2CCc3c(ccc(Br)c3C)C2)o1. The van der Waals surface area contributed by atoms with Gasteiger partial charge in [-0.25, -0.2) is 0 Å². The molecule has 0 aliphatic carbocycles. The van der Waals surface area contributed by atoms with Gasteiger partial charge < -0.3 is 9.32 Å². The number of aryl methyl sites for hydroxylation is 1. The second-order valence-electron chi connectivity index (χ2n) is 4.59. The van der Waals surface area contributed by atoms with E-state index in [9.17, 15) is 0 Å². The second-order valence-corrected chi connectivity index (χ2v) is 5.44. The molecule has 94 valence electrons. The molecular formula is C13H14BrN3O. The fourth-order valence-electron chi connectivity index (χ4n) is 2.39. The molecule has 0 radical (unpaired) electrons. The van der Waals surface area contributed by atoms with Crippen molar-refractivity contribution in [3.8, 4) is 0 Å². The van der Waals surface area contributed by atoms with Crippen LogP contribution in [0.4, 0.5) is 6.01 Å². The summed E-state index contributed by atoms with van der Waals surface area (Å²) in [5.41, 5.74) is 4.13. The first-order valence-electron chi connectivity index (χ1n) is 5.97. The molecule has 0 unspecified atom stereocenters. The van der Waals surface area contributed by atoms with Crippen molar-refractivity contribution in [2.45, 2.75) is 26.8 Å². The third-order valence-electron chi connectivity index (χ3n) is 3.41. The van der Waals surface area contributed by atoms with Gasteiger partial charge in [0.25, 0.3) is 0 Å². The van der Waals surface area contributed by atoms with Crippen LogP contribution < -0.4 is 4.90 Å². The Labute approximate surface area is 114 Å². The first kappa shape index (κ1) is 11.7. The van der Waals surface area contributed by atoms with Crippen LogP contribution in [0.15, 0.2) is 21.0 Å². The average molecular weight is 308 g/mol. The summed E-state index contributed by atoms with van der Waals surface area (Å²) < 4.78 is 6.67. The largest absolute Gasteiger partial charge is 0.408 e. The van der Waals surface area contributed by atoms with Gasteiger partial charge in [0.15, 0.2) is 0 Å². The van der Waals surface area contributed by atoms with Gasteiger partial charge in [-0.1, -0.05) is 27.1 Å². The Balaban J connectivity index is 1.92. The summed E-state index contributed by atoms with van der Waals surface area (Å²) in [4.78, 5) is 2.13. The second kappa shape index (κ2) is 4.39. The fraction of sp³-hybridized carbons (Fsp3) is 0.385. The summed E-state index contributed by atoms with van der Waals surface area (Å²) in [5, 5.41) is 7.97. The topological polar surface area (TPSA) is 42.2 Å². The Morgan fingerprint density at radius 2 is 2.11 bits per heavy atom. The van der Waals surface area contributed by atoms with Crippen LogP contribution >= 0.6 is 15.9 Å². The van der Waals surface area contributed by atoms with Gasteiger partial charge in [0.05, 0.1) is 0 Å². The summed E-state index contributed by atoms with van der Waals surface area (Å²) in [6.45, 7) is 5.74. The zero-order valence-corrected chi connectivity index (χ0v) is 12.0. The Morgan fingerprint density at radius 1 is 1.28 bits per heavy atom. The van der Waals surface area contributed by atoms with E-state index in [1.165, 1.54) is 21.2 Å². The molecule has 0 saturated heterocycles. The third-order valence-corrected chi connectivity index (χ3v) is 4.27. The summed E-state index contributed by atoms with van der Waals surface area (Å²) in [7, 11) is 0. The predicted molar refractivity (Wildman–Crippen MR) is 72.7 cm³/mol. The standard InChI is InChI=1S/C13H14BrN3O/c1-8-11-5-6-17(13-16-15-9(2)18-13)7-10(11)3-4-12(8)14/h3-4H,5-7H2,1-2H3. The van der Waals surface area contributed by atoms with Crippen LogP contribution in [0.5, 0.6) is 0 Å². The lowest BCUT2D eigenvalue weighted by Crippen LogP contribution is -2.31. The van der Waals surface area contributed by atoms with Crippen LogP contribution in [0, 0.1) is 13.8 Å². The molecule has 0 bridgehead atoms. The van der Waals surface area contributed by atoms with Crippen LogP contribution in [0.3, 0.4) is 0 Å². The fourth-order valence-corrected chi connectivity index (χ4v) is 2.76. The van der Waals surface area contributed by atoms with Crippen LogP contribution in [-0.2, 0) is 13.0 Å². The van der Waals surface area contributed by atoms with Crippen molar-refractivity contribution >= 4 is 21.9 Å². The van der Waals surface area contributed by atoms with E-state index in [1.54, 1.807) is 0 Å². The normalized spacial score (nSPS) is 14.7. The molecule has 5 heteroatoms. The van der Waals surface area contributed by atoms with E-state index in [4.69, 9.17) is 4.42 Å². The number of nitrogens with zero attached hydrogens (tertiary/aromatic N) is 3. The quantitative estimate of drug-likeness (QED) is 0.812. The van der Waals surface area contributed by atoms with Crippen molar-refractivity contribution in [3.63, 3.8) is 0 Å².